The highest BCUT2D eigenvalue weighted by Crippen LogP contribution is 2.29. The molecule has 0 unspecified atom stereocenters. The molecule has 1 N–H and O–H groups in total. The molecule has 0 bridgehead atoms. The first-order valence-corrected chi connectivity index (χ1v) is 8.59. The molecule has 2 heterocycles. The van der Waals surface area contributed by atoms with E-state index in [1.165, 1.54) is 17.4 Å². The summed E-state index contributed by atoms with van der Waals surface area (Å²) in [5.41, 5.74) is 0.296. The molecule has 7 nitrogen and oxygen atoms in total. The number of ether oxygens (including phenoxy) is 2. The van der Waals surface area contributed by atoms with Crippen LogP contribution in [-0.4, -0.2) is 31.1 Å². The first-order valence-electron chi connectivity index (χ1n) is 7.77. The number of aryl methyl sites for hydroxylation is 2. The van der Waals surface area contributed by atoms with Crippen LogP contribution >= 0.6 is 11.3 Å². The Balaban J connectivity index is 1.98. The summed E-state index contributed by atoms with van der Waals surface area (Å²) in [6, 6.07) is 4.79. The minimum atomic E-state index is -0.728. The Bertz CT molecular complexity index is 776. The van der Waals surface area contributed by atoms with Gasteiger partial charge in [-0.3, -0.25) is 4.79 Å². The van der Waals surface area contributed by atoms with Crippen LogP contribution in [0.5, 0.6) is 0 Å². The van der Waals surface area contributed by atoms with Crippen LogP contribution < -0.4 is 5.32 Å². The van der Waals surface area contributed by atoms with E-state index in [2.05, 4.69) is 5.32 Å². The quantitative estimate of drug-likeness (QED) is 0.757. The monoisotopic (exact) mass is 365 g/mol. The fourth-order valence-corrected chi connectivity index (χ4v) is 2.98. The molecule has 0 saturated carbocycles. The highest BCUT2D eigenvalue weighted by molar-refractivity contribution is 7.16. The topological polar surface area (TPSA) is 94.8 Å². The van der Waals surface area contributed by atoms with E-state index in [0.717, 1.165) is 11.3 Å². The van der Waals surface area contributed by atoms with Crippen LogP contribution in [0, 0.1) is 6.92 Å². The van der Waals surface area contributed by atoms with E-state index in [1.54, 1.807) is 26.0 Å². The van der Waals surface area contributed by atoms with Crippen molar-refractivity contribution in [3.8, 4) is 0 Å². The lowest BCUT2D eigenvalue weighted by Gasteiger charge is -2.06. The molecular weight excluding hydrogens is 346 g/mol. The number of thiophene rings is 1. The third kappa shape index (κ3) is 4.93. The van der Waals surface area contributed by atoms with Gasteiger partial charge in [0, 0.05) is 4.88 Å². The van der Waals surface area contributed by atoms with Gasteiger partial charge < -0.3 is 19.2 Å². The largest absolute Gasteiger partial charge is 0.462 e. The molecule has 1 amide bonds. The molecule has 0 aliphatic heterocycles. The van der Waals surface area contributed by atoms with Gasteiger partial charge in [0.2, 0.25) is 5.76 Å². The predicted octanol–water partition coefficient (Wildman–Crippen LogP) is 3.18. The lowest BCUT2D eigenvalue weighted by molar-refractivity contribution is -0.119. The number of nitrogens with one attached hydrogen (secondary N) is 1. The number of esters is 2. The minimum absolute atomic E-state index is 0.0295. The number of carbonyl (C=O) groups is 3. The Morgan fingerprint density at radius 3 is 2.52 bits per heavy atom. The van der Waals surface area contributed by atoms with Crippen molar-refractivity contribution < 1.29 is 28.3 Å². The lowest BCUT2D eigenvalue weighted by atomic mass is 10.2. The first-order chi connectivity index (χ1) is 11.9. The molecular formula is C17H19NO6S. The average molecular weight is 365 g/mol. The van der Waals surface area contributed by atoms with Crippen molar-refractivity contribution in [2.24, 2.45) is 0 Å². The Hall–Kier alpha value is -2.61. The number of anilines is 1. The minimum Gasteiger partial charge on any atom is -0.462 e. The summed E-state index contributed by atoms with van der Waals surface area (Å²) in [4.78, 5) is 36.7. The summed E-state index contributed by atoms with van der Waals surface area (Å²) in [5.74, 6) is -1.18. The van der Waals surface area contributed by atoms with E-state index >= 15 is 0 Å². The van der Waals surface area contributed by atoms with Crippen LogP contribution in [0.2, 0.25) is 0 Å². The Kier molecular flexibility index (Phi) is 6.35. The lowest BCUT2D eigenvalue weighted by Crippen LogP contribution is -2.21. The van der Waals surface area contributed by atoms with E-state index in [4.69, 9.17) is 13.9 Å². The Labute approximate surface area is 148 Å². The third-order valence-corrected chi connectivity index (χ3v) is 4.35. The molecule has 0 fully saturated rings. The zero-order valence-electron chi connectivity index (χ0n) is 14.2. The molecule has 25 heavy (non-hydrogen) atoms. The van der Waals surface area contributed by atoms with Gasteiger partial charge in [0.1, 0.15) is 10.8 Å². The molecule has 2 aromatic heterocycles. The number of furan rings is 1. The number of carbonyl (C=O) groups excluding carboxylic acids is 3. The van der Waals surface area contributed by atoms with Gasteiger partial charge in [0.25, 0.3) is 5.91 Å². The van der Waals surface area contributed by atoms with Gasteiger partial charge in [-0.1, -0.05) is 6.92 Å². The maximum absolute atomic E-state index is 12.0. The van der Waals surface area contributed by atoms with Crippen LogP contribution in [0.1, 0.15) is 45.4 Å². The highest BCUT2D eigenvalue weighted by Gasteiger charge is 2.20. The van der Waals surface area contributed by atoms with Gasteiger partial charge in [-0.25, -0.2) is 9.59 Å². The van der Waals surface area contributed by atoms with Crippen LogP contribution in [0.3, 0.4) is 0 Å². The van der Waals surface area contributed by atoms with Gasteiger partial charge in [-0.05, 0) is 38.5 Å². The van der Waals surface area contributed by atoms with Gasteiger partial charge in [0.05, 0.1) is 12.2 Å². The van der Waals surface area contributed by atoms with Gasteiger partial charge in [-0.15, -0.1) is 11.3 Å². The van der Waals surface area contributed by atoms with E-state index in [9.17, 15) is 14.4 Å². The van der Waals surface area contributed by atoms with Crippen molar-refractivity contribution in [1.29, 1.82) is 0 Å². The second kappa shape index (κ2) is 8.48. The molecule has 2 aromatic rings. The fraction of sp³-hybridized carbons (Fsp3) is 0.353. The van der Waals surface area contributed by atoms with Crippen molar-refractivity contribution in [3.05, 3.63) is 40.2 Å². The van der Waals surface area contributed by atoms with E-state index in [-0.39, 0.29) is 12.4 Å². The fourth-order valence-electron chi connectivity index (χ4n) is 1.98. The third-order valence-electron chi connectivity index (χ3n) is 3.16. The summed E-state index contributed by atoms with van der Waals surface area (Å²) in [7, 11) is 0. The molecule has 0 aromatic carbocycles. The molecule has 0 aliphatic carbocycles. The maximum Gasteiger partial charge on any atom is 0.374 e. The van der Waals surface area contributed by atoms with Crippen molar-refractivity contribution in [2.45, 2.75) is 27.2 Å². The summed E-state index contributed by atoms with van der Waals surface area (Å²) in [5, 5.41) is 2.97. The van der Waals surface area contributed by atoms with E-state index < -0.39 is 24.5 Å². The normalized spacial score (nSPS) is 10.4. The molecule has 0 spiro atoms. The summed E-state index contributed by atoms with van der Waals surface area (Å²) in [6.45, 7) is 5.10. The smallest absolute Gasteiger partial charge is 0.374 e. The maximum atomic E-state index is 12.0. The van der Waals surface area contributed by atoms with Crippen molar-refractivity contribution >= 4 is 34.2 Å². The summed E-state index contributed by atoms with van der Waals surface area (Å²) < 4.78 is 15.0. The zero-order valence-corrected chi connectivity index (χ0v) is 15.0. The Morgan fingerprint density at radius 1 is 1.16 bits per heavy atom. The van der Waals surface area contributed by atoms with Gasteiger partial charge in [0.15, 0.2) is 6.61 Å². The van der Waals surface area contributed by atoms with Gasteiger partial charge in [-0.2, -0.15) is 0 Å². The van der Waals surface area contributed by atoms with Crippen molar-refractivity contribution in [2.75, 3.05) is 18.5 Å². The van der Waals surface area contributed by atoms with Crippen LogP contribution in [0.15, 0.2) is 22.6 Å². The van der Waals surface area contributed by atoms with Crippen molar-refractivity contribution in [1.82, 2.24) is 0 Å². The zero-order chi connectivity index (χ0) is 18.4. The summed E-state index contributed by atoms with van der Waals surface area (Å²) >= 11 is 1.28. The highest BCUT2D eigenvalue weighted by atomic mass is 32.1. The second-order valence-electron chi connectivity index (χ2n) is 5.06. The van der Waals surface area contributed by atoms with Crippen molar-refractivity contribution in [3.63, 3.8) is 0 Å². The standard InChI is InChI=1S/C17H19NO6S/c1-4-11-8-12(16(20)22-5-2)15(25-11)18-14(19)9-23-17(21)13-7-6-10(3)24-13/h6-8H,4-5,9H2,1-3H3,(H,18,19). The Morgan fingerprint density at radius 2 is 1.92 bits per heavy atom. The SMILES string of the molecule is CCOC(=O)c1cc(CC)sc1NC(=O)COC(=O)c1ccc(C)o1. The second-order valence-corrected chi connectivity index (χ2v) is 6.20. The summed E-state index contributed by atoms with van der Waals surface area (Å²) in [6.07, 6.45) is 0.722. The van der Waals surface area contributed by atoms with Crippen LogP contribution in [0.4, 0.5) is 5.00 Å². The predicted molar refractivity (Wildman–Crippen MR) is 92.0 cm³/mol. The molecule has 0 saturated heterocycles. The molecule has 0 aliphatic rings. The first kappa shape index (κ1) is 18.7. The molecule has 0 radical (unpaired) electrons. The number of rotatable bonds is 7. The van der Waals surface area contributed by atoms with E-state index in [0.29, 0.717) is 16.3 Å². The van der Waals surface area contributed by atoms with Crippen LogP contribution in [0.25, 0.3) is 0 Å². The molecule has 0 atom stereocenters. The molecule has 134 valence electrons. The average Bonchev–Trinajstić information content (AvgIpc) is 3.19. The van der Waals surface area contributed by atoms with Crippen LogP contribution in [-0.2, 0) is 20.7 Å². The number of hydrogen-bond donors (Lipinski definition) is 1. The molecule has 8 heteroatoms. The van der Waals surface area contributed by atoms with E-state index in [1.807, 2.05) is 6.92 Å². The number of hydrogen-bond acceptors (Lipinski definition) is 7. The van der Waals surface area contributed by atoms with Gasteiger partial charge >= 0.3 is 11.9 Å². The molecule has 2 rings (SSSR count). The number of amides is 1.